The Kier molecular flexibility index (Phi) is 3.74. The van der Waals surface area contributed by atoms with Gasteiger partial charge in [0.25, 0.3) is 0 Å². The predicted molar refractivity (Wildman–Crippen MR) is 62.9 cm³/mol. The van der Waals surface area contributed by atoms with Crippen LogP contribution < -0.4 is 5.32 Å². The number of rotatable bonds is 5. The summed E-state index contributed by atoms with van der Waals surface area (Å²) < 4.78 is 5.32. The van der Waals surface area contributed by atoms with Crippen LogP contribution in [0.25, 0.3) is 0 Å². The molecule has 7 heteroatoms. The van der Waals surface area contributed by atoms with Gasteiger partial charge >= 0.3 is 6.01 Å². The fourth-order valence-electron chi connectivity index (χ4n) is 1.16. The molecule has 0 radical (unpaired) electrons. The molecule has 2 rings (SSSR count). The number of halogens is 1. The number of nitrogens with one attached hydrogen (secondary N) is 1. The van der Waals surface area contributed by atoms with Crippen LogP contribution in [0.2, 0.25) is 0 Å². The van der Waals surface area contributed by atoms with Crippen LogP contribution in [-0.2, 0) is 13.0 Å². The van der Waals surface area contributed by atoms with Gasteiger partial charge in [0.15, 0.2) is 0 Å². The molecule has 1 N–H and O–H groups in total. The summed E-state index contributed by atoms with van der Waals surface area (Å²) in [4.78, 5) is 5.29. The molecule has 0 fully saturated rings. The van der Waals surface area contributed by atoms with E-state index in [2.05, 4.69) is 20.5 Å². The molecular formula is C9H11ClN4OS. The highest BCUT2D eigenvalue weighted by molar-refractivity contribution is 7.11. The fourth-order valence-corrected chi connectivity index (χ4v) is 2.05. The number of nitrogens with zero attached hydrogens (tertiary/aromatic N) is 3. The summed E-state index contributed by atoms with van der Waals surface area (Å²) >= 11 is 7.21. The highest BCUT2D eigenvalue weighted by atomic mass is 35.5. The summed E-state index contributed by atoms with van der Waals surface area (Å²) in [6.07, 6.45) is 2.43. The van der Waals surface area contributed by atoms with Crippen LogP contribution in [0.5, 0.6) is 0 Å². The Hall–Kier alpha value is -1.14. The van der Waals surface area contributed by atoms with Crippen LogP contribution in [-0.4, -0.2) is 21.1 Å². The van der Waals surface area contributed by atoms with Gasteiger partial charge in [0.2, 0.25) is 5.89 Å². The number of anilines is 1. The van der Waals surface area contributed by atoms with Crippen LogP contribution >= 0.6 is 22.9 Å². The molecule has 2 heterocycles. The number of hydrogen-bond acceptors (Lipinski definition) is 6. The molecule has 0 bridgehead atoms. The predicted octanol–water partition coefficient (Wildman–Crippen LogP) is 2.23. The number of aromatic nitrogens is 3. The van der Waals surface area contributed by atoms with Gasteiger partial charge in [0, 0.05) is 23.4 Å². The molecule has 0 atom stereocenters. The zero-order valence-electron chi connectivity index (χ0n) is 8.73. The Morgan fingerprint density at radius 2 is 2.38 bits per heavy atom. The highest BCUT2D eigenvalue weighted by Gasteiger charge is 2.05. The smallest absolute Gasteiger partial charge is 0.315 e. The second-order valence-corrected chi connectivity index (χ2v) is 4.84. The minimum absolute atomic E-state index is 0.422. The zero-order valence-corrected chi connectivity index (χ0v) is 10.3. The molecular weight excluding hydrogens is 248 g/mol. The minimum atomic E-state index is 0.422. The summed E-state index contributed by atoms with van der Waals surface area (Å²) in [6.45, 7) is 2.62. The minimum Gasteiger partial charge on any atom is -0.408 e. The SMILES string of the molecule is Cc1ncc(CNc2nnc(CCCl)o2)s1. The van der Waals surface area contributed by atoms with Crippen molar-refractivity contribution in [2.24, 2.45) is 0 Å². The molecule has 86 valence electrons. The Balaban J connectivity index is 1.89. The molecule has 2 aromatic rings. The highest BCUT2D eigenvalue weighted by Crippen LogP contribution is 2.14. The molecule has 0 aliphatic rings. The van der Waals surface area contributed by atoms with E-state index < -0.39 is 0 Å². The van der Waals surface area contributed by atoms with Crippen LogP contribution in [0.3, 0.4) is 0 Å². The lowest BCUT2D eigenvalue weighted by Crippen LogP contribution is -1.97. The first kappa shape index (κ1) is 11.3. The average molecular weight is 259 g/mol. The van der Waals surface area contributed by atoms with Gasteiger partial charge in [0.05, 0.1) is 11.6 Å². The lowest BCUT2D eigenvalue weighted by atomic mass is 10.5. The Morgan fingerprint density at radius 3 is 3.06 bits per heavy atom. The molecule has 0 aromatic carbocycles. The van der Waals surface area contributed by atoms with Crippen molar-refractivity contribution in [2.45, 2.75) is 19.9 Å². The van der Waals surface area contributed by atoms with Crippen LogP contribution in [0.15, 0.2) is 10.6 Å². The first-order valence-electron chi connectivity index (χ1n) is 4.81. The van der Waals surface area contributed by atoms with Crippen molar-refractivity contribution < 1.29 is 4.42 Å². The first-order chi connectivity index (χ1) is 7.78. The Labute approximate surface area is 102 Å². The van der Waals surface area contributed by atoms with Gasteiger partial charge in [0.1, 0.15) is 0 Å². The fraction of sp³-hybridized carbons (Fsp3) is 0.444. The third-order valence-corrected chi connectivity index (χ3v) is 2.96. The van der Waals surface area contributed by atoms with E-state index in [4.69, 9.17) is 16.0 Å². The van der Waals surface area contributed by atoms with E-state index in [1.54, 1.807) is 11.3 Å². The van der Waals surface area contributed by atoms with Gasteiger partial charge in [-0.1, -0.05) is 5.10 Å². The molecule has 0 spiro atoms. The molecule has 0 aliphatic heterocycles. The van der Waals surface area contributed by atoms with E-state index in [1.807, 2.05) is 13.1 Å². The molecule has 0 unspecified atom stereocenters. The van der Waals surface area contributed by atoms with E-state index in [0.717, 1.165) is 9.88 Å². The average Bonchev–Trinajstić information content (AvgIpc) is 2.85. The number of alkyl halides is 1. The normalized spacial score (nSPS) is 10.6. The van der Waals surface area contributed by atoms with Gasteiger partial charge in [-0.2, -0.15) is 0 Å². The molecule has 0 saturated carbocycles. The maximum atomic E-state index is 5.57. The number of hydrogen-bond donors (Lipinski definition) is 1. The van der Waals surface area contributed by atoms with Crippen LogP contribution in [0.4, 0.5) is 6.01 Å². The van der Waals surface area contributed by atoms with E-state index in [0.29, 0.717) is 30.8 Å². The lowest BCUT2D eigenvalue weighted by molar-refractivity contribution is 0.512. The maximum absolute atomic E-state index is 5.57. The van der Waals surface area contributed by atoms with Crippen LogP contribution in [0, 0.1) is 6.92 Å². The molecule has 0 saturated heterocycles. The Morgan fingerprint density at radius 1 is 1.50 bits per heavy atom. The summed E-state index contributed by atoms with van der Waals surface area (Å²) in [5.41, 5.74) is 0. The topological polar surface area (TPSA) is 63.8 Å². The van der Waals surface area contributed by atoms with Crippen molar-refractivity contribution >= 4 is 29.0 Å². The summed E-state index contributed by atoms with van der Waals surface area (Å²) in [7, 11) is 0. The number of aryl methyl sites for hydroxylation is 2. The van der Waals surface area contributed by atoms with Gasteiger partial charge in [-0.3, -0.25) is 0 Å². The van der Waals surface area contributed by atoms with Gasteiger partial charge in [-0.15, -0.1) is 28.0 Å². The second kappa shape index (κ2) is 5.27. The van der Waals surface area contributed by atoms with E-state index in [9.17, 15) is 0 Å². The summed E-state index contributed by atoms with van der Waals surface area (Å²) in [6, 6.07) is 0.422. The summed E-state index contributed by atoms with van der Waals surface area (Å²) in [5.74, 6) is 1.04. The molecule has 5 nitrogen and oxygen atoms in total. The van der Waals surface area contributed by atoms with Crippen molar-refractivity contribution in [3.63, 3.8) is 0 Å². The maximum Gasteiger partial charge on any atom is 0.315 e. The quantitative estimate of drug-likeness (QED) is 0.834. The van der Waals surface area contributed by atoms with E-state index in [-0.39, 0.29) is 0 Å². The third-order valence-electron chi connectivity index (χ3n) is 1.86. The van der Waals surface area contributed by atoms with Crippen molar-refractivity contribution in [1.82, 2.24) is 15.2 Å². The zero-order chi connectivity index (χ0) is 11.4. The van der Waals surface area contributed by atoms with Crippen molar-refractivity contribution in [3.05, 3.63) is 22.0 Å². The van der Waals surface area contributed by atoms with Crippen molar-refractivity contribution in [2.75, 3.05) is 11.2 Å². The van der Waals surface area contributed by atoms with E-state index >= 15 is 0 Å². The lowest BCUT2D eigenvalue weighted by Gasteiger charge is -1.96. The monoisotopic (exact) mass is 258 g/mol. The Bertz CT molecular complexity index is 456. The largest absolute Gasteiger partial charge is 0.408 e. The third kappa shape index (κ3) is 2.93. The molecule has 0 aliphatic carbocycles. The van der Waals surface area contributed by atoms with Crippen LogP contribution in [0.1, 0.15) is 15.8 Å². The van der Waals surface area contributed by atoms with Gasteiger partial charge in [-0.25, -0.2) is 4.98 Å². The van der Waals surface area contributed by atoms with Gasteiger partial charge in [-0.05, 0) is 6.92 Å². The van der Waals surface area contributed by atoms with E-state index in [1.165, 1.54) is 0 Å². The summed E-state index contributed by atoms with van der Waals surface area (Å²) in [5, 5.41) is 11.8. The number of thiazole rings is 1. The molecule has 16 heavy (non-hydrogen) atoms. The molecule has 2 aromatic heterocycles. The second-order valence-electron chi connectivity index (χ2n) is 3.14. The standard InChI is InChI=1S/C9H11ClN4OS/c1-6-11-4-7(16-6)5-12-9-14-13-8(15-9)2-3-10/h4H,2-3,5H2,1H3,(H,12,14). The van der Waals surface area contributed by atoms with Crippen molar-refractivity contribution in [1.29, 1.82) is 0 Å². The first-order valence-corrected chi connectivity index (χ1v) is 6.16. The molecule has 0 amide bonds. The van der Waals surface area contributed by atoms with Gasteiger partial charge < -0.3 is 9.73 Å². The van der Waals surface area contributed by atoms with Crippen molar-refractivity contribution in [3.8, 4) is 0 Å².